The summed E-state index contributed by atoms with van der Waals surface area (Å²) < 4.78 is 32.7. The number of hydrogen-bond donors (Lipinski definition) is 1. The van der Waals surface area contributed by atoms with Crippen LogP contribution in [0.4, 0.5) is 5.00 Å². The molecule has 0 saturated heterocycles. The molecule has 1 aromatic carbocycles. The molecule has 1 aromatic heterocycles. The highest BCUT2D eigenvalue weighted by Gasteiger charge is 2.30. The highest BCUT2D eigenvalue weighted by molar-refractivity contribution is 7.89. The van der Waals surface area contributed by atoms with Gasteiger partial charge in [0, 0.05) is 42.7 Å². The third-order valence-electron chi connectivity index (χ3n) is 6.39. The van der Waals surface area contributed by atoms with Crippen LogP contribution in [0, 0.1) is 0 Å². The summed E-state index contributed by atoms with van der Waals surface area (Å²) in [5.41, 5.74) is 1.69. The molecule has 36 heavy (non-hydrogen) atoms. The molecule has 10 heteroatoms. The summed E-state index contributed by atoms with van der Waals surface area (Å²) in [5, 5.41) is 3.36. The predicted octanol–water partition coefficient (Wildman–Crippen LogP) is 4.75. The van der Waals surface area contributed by atoms with Crippen LogP contribution in [0.1, 0.15) is 78.6 Å². The largest absolute Gasteiger partial charge is 0.462 e. The SMILES string of the molecule is CCCCN(CC)S(=O)(=O)c1ccc(C(=O)Nc2sc3c(c2C(=O)OCC)CCN(C(C)C)C3)cc1. The van der Waals surface area contributed by atoms with Crippen molar-refractivity contribution in [1.29, 1.82) is 0 Å². The standard InChI is InChI=1S/C26H37N3O5S2/c1-6-9-15-29(7-2)36(32,33)20-12-10-19(11-13-20)24(30)27-25-23(26(31)34-8-3)21-14-16-28(18(4)5)17-22(21)35-25/h10-13,18H,6-9,14-17H2,1-5H3,(H,27,30). The number of anilines is 1. The van der Waals surface area contributed by atoms with Gasteiger partial charge in [0.1, 0.15) is 5.00 Å². The molecule has 1 amide bonds. The van der Waals surface area contributed by atoms with Crippen molar-refractivity contribution in [2.24, 2.45) is 0 Å². The Morgan fingerprint density at radius 3 is 2.44 bits per heavy atom. The highest BCUT2D eigenvalue weighted by Crippen LogP contribution is 2.38. The van der Waals surface area contributed by atoms with E-state index in [0.717, 1.165) is 36.4 Å². The van der Waals surface area contributed by atoms with Crippen LogP contribution in [0.25, 0.3) is 0 Å². The fourth-order valence-corrected chi connectivity index (χ4v) is 7.00. The van der Waals surface area contributed by atoms with Gasteiger partial charge in [-0.25, -0.2) is 13.2 Å². The van der Waals surface area contributed by atoms with Gasteiger partial charge in [0.2, 0.25) is 10.0 Å². The van der Waals surface area contributed by atoms with Gasteiger partial charge in [-0.15, -0.1) is 11.3 Å². The number of nitrogens with one attached hydrogen (secondary N) is 1. The van der Waals surface area contributed by atoms with Crippen molar-refractivity contribution in [3.8, 4) is 0 Å². The van der Waals surface area contributed by atoms with E-state index in [9.17, 15) is 18.0 Å². The maximum Gasteiger partial charge on any atom is 0.341 e. The number of unbranched alkanes of at least 4 members (excludes halogenated alkanes) is 1. The average molecular weight is 536 g/mol. The Kier molecular flexibility index (Phi) is 9.68. The number of rotatable bonds is 11. The quantitative estimate of drug-likeness (QED) is 0.417. The molecule has 2 aromatic rings. The molecule has 0 atom stereocenters. The molecule has 1 aliphatic heterocycles. The Hall–Kier alpha value is -2.27. The summed E-state index contributed by atoms with van der Waals surface area (Å²) in [6, 6.07) is 6.32. The van der Waals surface area contributed by atoms with Crippen LogP contribution in [0.5, 0.6) is 0 Å². The fourth-order valence-electron chi connectivity index (χ4n) is 4.26. The number of amides is 1. The number of sulfonamides is 1. The van der Waals surface area contributed by atoms with Crippen LogP contribution in [0.3, 0.4) is 0 Å². The first-order valence-electron chi connectivity index (χ1n) is 12.6. The van der Waals surface area contributed by atoms with Crippen LogP contribution in [-0.4, -0.2) is 61.8 Å². The molecule has 1 N–H and O–H groups in total. The summed E-state index contributed by atoms with van der Waals surface area (Å²) in [7, 11) is -3.63. The minimum Gasteiger partial charge on any atom is -0.462 e. The first-order valence-corrected chi connectivity index (χ1v) is 14.9. The minimum absolute atomic E-state index is 0.157. The molecule has 2 heterocycles. The average Bonchev–Trinajstić information content (AvgIpc) is 3.21. The van der Waals surface area contributed by atoms with E-state index < -0.39 is 21.9 Å². The van der Waals surface area contributed by atoms with Crippen molar-refractivity contribution in [2.75, 3.05) is 31.6 Å². The first-order chi connectivity index (χ1) is 17.1. The maximum absolute atomic E-state index is 13.1. The summed E-state index contributed by atoms with van der Waals surface area (Å²) >= 11 is 1.41. The van der Waals surface area contributed by atoms with Crippen molar-refractivity contribution in [1.82, 2.24) is 9.21 Å². The summed E-state index contributed by atoms with van der Waals surface area (Å²) in [5.74, 6) is -0.835. The number of nitrogens with zero attached hydrogens (tertiary/aromatic N) is 2. The highest BCUT2D eigenvalue weighted by atomic mass is 32.2. The van der Waals surface area contributed by atoms with Crippen LogP contribution in [-0.2, 0) is 27.7 Å². The zero-order chi connectivity index (χ0) is 26.5. The van der Waals surface area contributed by atoms with E-state index in [1.165, 1.54) is 39.9 Å². The molecule has 0 spiro atoms. The molecule has 8 nitrogen and oxygen atoms in total. The number of esters is 1. The zero-order valence-electron chi connectivity index (χ0n) is 21.8. The summed E-state index contributed by atoms with van der Waals surface area (Å²) in [6.07, 6.45) is 2.41. The lowest BCUT2D eigenvalue weighted by atomic mass is 10.0. The van der Waals surface area contributed by atoms with Gasteiger partial charge in [-0.3, -0.25) is 9.69 Å². The Morgan fingerprint density at radius 1 is 1.17 bits per heavy atom. The molecule has 0 fully saturated rings. The number of carbonyl (C=O) groups excluding carboxylic acids is 2. The third kappa shape index (κ3) is 6.16. The van der Waals surface area contributed by atoms with Crippen LogP contribution in [0.15, 0.2) is 29.2 Å². The minimum atomic E-state index is -3.63. The first kappa shape index (κ1) is 28.3. The number of thiophene rings is 1. The van der Waals surface area contributed by atoms with E-state index in [-0.39, 0.29) is 11.5 Å². The van der Waals surface area contributed by atoms with Gasteiger partial charge >= 0.3 is 5.97 Å². The second-order valence-electron chi connectivity index (χ2n) is 9.07. The normalized spacial score (nSPS) is 14.2. The number of hydrogen-bond acceptors (Lipinski definition) is 7. The van der Waals surface area contributed by atoms with E-state index in [1.807, 2.05) is 13.8 Å². The Morgan fingerprint density at radius 2 is 1.86 bits per heavy atom. The molecule has 0 saturated carbocycles. The van der Waals surface area contributed by atoms with E-state index in [4.69, 9.17) is 4.74 Å². The predicted molar refractivity (Wildman–Crippen MR) is 143 cm³/mol. The van der Waals surface area contributed by atoms with Gasteiger partial charge in [-0.1, -0.05) is 20.3 Å². The molecular formula is C26H37N3O5S2. The van der Waals surface area contributed by atoms with Gasteiger partial charge in [0.25, 0.3) is 5.91 Å². The molecule has 0 radical (unpaired) electrons. The van der Waals surface area contributed by atoms with Crippen molar-refractivity contribution in [2.45, 2.75) is 71.4 Å². The van der Waals surface area contributed by atoms with Crippen LogP contribution < -0.4 is 5.32 Å². The molecule has 0 unspecified atom stereocenters. The van der Waals surface area contributed by atoms with E-state index in [2.05, 4.69) is 24.1 Å². The van der Waals surface area contributed by atoms with Crippen molar-refractivity contribution >= 4 is 38.2 Å². The van der Waals surface area contributed by atoms with Gasteiger partial charge in [0.05, 0.1) is 17.1 Å². The second kappa shape index (κ2) is 12.3. The van der Waals surface area contributed by atoms with Gasteiger partial charge < -0.3 is 10.1 Å². The number of benzene rings is 1. The summed E-state index contributed by atoms with van der Waals surface area (Å²) in [4.78, 5) is 29.4. The van der Waals surface area contributed by atoms with E-state index in [1.54, 1.807) is 6.92 Å². The van der Waals surface area contributed by atoms with Crippen molar-refractivity contribution in [3.05, 3.63) is 45.8 Å². The van der Waals surface area contributed by atoms with E-state index >= 15 is 0 Å². The zero-order valence-corrected chi connectivity index (χ0v) is 23.4. The Labute approximate surface area is 218 Å². The number of fused-ring (bicyclic) bond motifs is 1. The monoisotopic (exact) mass is 535 g/mol. The van der Waals surface area contributed by atoms with Gasteiger partial charge in [-0.05, 0) is 63.4 Å². The van der Waals surface area contributed by atoms with Crippen LogP contribution >= 0.6 is 11.3 Å². The molecule has 1 aliphatic rings. The van der Waals surface area contributed by atoms with Crippen LogP contribution in [0.2, 0.25) is 0 Å². The Balaban J connectivity index is 1.84. The third-order valence-corrected chi connectivity index (χ3v) is 9.51. The molecule has 198 valence electrons. The lowest BCUT2D eigenvalue weighted by Crippen LogP contribution is -2.35. The fraction of sp³-hybridized carbons (Fsp3) is 0.538. The van der Waals surface area contributed by atoms with Gasteiger partial charge in [0.15, 0.2) is 0 Å². The lowest BCUT2D eigenvalue weighted by molar-refractivity contribution is 0.0526. The van der Waals surface area contributed by atoms with Gasteiger partial charge in [-0.2, -0.15) is 4.31 Å². The topological polar surface area (TPSA) is 96.0 Å². The van der Waals surface area contributed by atoms with Crippen molar-refractivity contribution in [3.63, 3.8) is 0 Å². The molecule has 0 aliphatic carbocycles. The second-order valence-corrected chi connectivity index (χ2v) is 12.1. The molecule has 0 bridgehead atoms. The maximum atomic E-state index is 13.1. The summed E-state index contributed by atoms with van der Waals surface area (Å²) in [6.45, 7) is 12.5. The molecular weight excluding hydrogens is 498 g/mol. The number of ether oxygens (including phenoxy) is 1. The Bertz CT molecular complexity index is 1170. The lowest BCUT2D eigenvalue weighted by Gasteiger charge is -2.30. The number of carbonyl (C=O) groups is 2. The molecule has 3 rings (SSSR count). The van der Waals surface area contributed by atoms with E-state index in [0.29, 0.717) is 41.7 Å². The smallest absolute Gasteiger partial charge is 0.341 e. The van der Waals surface area contributed by atoms with Crippen molar-refractivity contribution < 1.29 is 22.7 Å².